The van der Waals surface area contributed by atoms with Crippen molar-refractivity contribution in [3.8, 4) is 0 Å². The first-order chi connectivity index (χ1) is 7.18. The van der Waals surface area contributed by atoms with Gasteiger partial charge in [0.25, 0.3) is 0 Å². The fourth-order valence-corrected chi connectivity index (χ4v) is 3.31. The van der Waals surface area contributed by atoms with Crippen LogP contribution in [0.1, 0.15) is 39.0 Å². The van der Waals surface area contributed by atoms with Gasteiger partial charge in [0.1, 0.15) is 0 Å². The predicted octanol–water partition coefficient (Wildman–Crippen LogP) is 2.17. The van der Waals surface area contributed by atoms with Crippen LogP contribution in [0.2, 0.25) is 0 Å². The summed E-state index contributed by atoms with van der Waals surface area (Å²) in [6, 6.07) is 0.294. The van der Waals surface area contributed by atoms with Crippen molar-refractivity contribution in [2.75, 3.05) is 13.1 Å². The number of nitrogens with two attached hydrogens (primary N) is 1. The highest BCUT2D eigenvalue weighted by Crippen LogP contribution is 2.36. The number of piperidine rings is 1. The Morgan fingerprint density at radius 1 is 1.27 bits per heavy atom. The molecule has 1 aliphatic carbocycles. The highest BCUT2D eigenvalue weighted by molar-refractivity contribution is 7.80. The molecule has 1 saturated carbocycles. The SMILES string of the molecule is CC(C(N)=S)N1CCC2CCCCC2C1. The standard InChI is InChI=1S/C12H22N2S/c1-9(12(13)15)14-7-6-10-4-2-3-5-11(10)8-14/h9-11H,2-8H2,1H3,(H2,13,15). The Morgan fingerprint density at radius 3 is 2.60 bits per heavy atom. The molecule has 1 heterocycles. The van der Waals surface area contributed by atoms with Gasteiger partial charge in [0, 0.05) is 6.54 Å². The van der Waals surface area contributed by atoms with E-state index in [2.05, 4.69) is 11.8 Å². The van der Waals surface area contributed by atoms with Crippen LogP contribution in [0.25, 0.3) is 0 Å². The molecule has 2 N–H and O–H groups in total. The zero-order valence-electron chi connectivity index (χ0n) is 9.61. The van der Waals surface area contributed by atoms with Gasteiger partial charge in [-0.15, -0.1) is 0 Å². The van der Waals surface area contributed by atoms with E-state index in [9.17, 15) is 0 Å². The van der Waals surface area contributed by atoms with E-state index in [0.29, 0.717) is 11.0 Å². The summed E-state index contributed by atoms with van der Waals surface area (Å²) in [4.78, 5) is 3.14. The van der Waals surface area contributed by atoms with E-state index in [0.717, 1.165) is 11.8 Å². The molecular weight excluding hydrogens is 204 g/mol. The lowest BCUT2D eigenvalue weighted by Crippen LogP contribution is -2.49. The maximum atomic E-state index is 5.72. The summed E-state index contributed by atoms with van der Waals surface area (Å²) in [5.41, 5.74) is 5.72. The third-order valence-electron chi connectivity index (χ3n) is 4.28. The van der Waals surface area contributed by atoms with Crippen LogP contribution in [-0.2, 0) is 0 Å². The van der Waals surface area contributed by atoms with Crippen LogP contribution in [0.4, 0.5) is 0 Å². The molecule has 2 rings (SSSR count). The van der Waals surface area contributed by atoms with Crippen LogP contribution >= 0.6 is 12.2 Å². The second-order valence-electron chi connectivity index (χ2n) is 5.17. The molecule has 1 saturated heterocycles. The van der Waals surface area contributed by atoms with Crippen LogP contribution in [0.3, 0.4) is 0 Å². The zero-order chi connectivity index (χ0) is 10.8. The van der Waals surface area contributed by atoms with Gasteiger partial charge in [-0.25, -0.2) is 0 Å². The summed E-state index contributed by atoms with van der Waals surface area (Å²) in [5.74, 6) is 1.91. The Morgan fingerprint density at radius 2 is 1.93 bits per heavy atom. The lowest BCUT2D eigenvalue weighted by molar-refractivity contribution is 0.0787. The predicted molar refractivity (Wildman–Crippen MR) is 67.9 cm³/mol. The summed E-state index contributed by atoms with van der Waals surface area (Å²) >= 11 is 5.08. The number of likely N-dealkylation sites (tertiary alicyclic amines) is 1. The van der Waals surface area contributed by atoms with Crippen LogP contribution in [0.15, 0.2) is 0 Å². The molecule has 0 aromatic rings. The Balaban J connectivity index is 1.93. The van der Waals surface area contributed by atoms with E-state index in [-0.39, 0.29) is 0 Å². The number of hydrogen-bond acceptors (Lipinski definition) is 2. The molecule has 0 aromatic heterocycles. The van der Waals surface area contributed by atoms with Crippen molar-refractivity contribution < 1.29 is 0 Å². The van der Waals surface area contributed by atoms with Gasteiger partial charge in [0.15, 0.2) is 0 Å². The van der Waals surface area contributed by atoms with Gasteiger partial charge in [0.05, 0.1) is 11.0 Å². The normalized spacial score (nSPS) is 34.5. The van der Waals surface area contributed by atoms with Crippen molar-refractivity contribution >= 4 is 17.2 Å². The summed E-state index contributed by atoms with van der Waals surface area (Å²) in [5, 5.41) is 0. The molecule has 0 aromatic carbocycles. The van der Waals surface area contributed by atoms with Crippen LogP contribution in [0.5, 0.6) is 0 Å². The van der Waals surface area contributed by atoms with E-state index in [4.69, 9.17) is 18.0 Å². The first-order valence-electron chi connectivity index (χ1n) is 6.22. The van der Waals surface area contributed by atoms with Crippen molar-refractivity contribution in [1.29, 1.82) is 0 Å². The Hall–Kier alpha value is -0.150. The lowest BCUT2D eigenvalue weighted by Gasteiger charge is -2.43. The minimum atomic E-state index is 0.294. The molecule has 3 atom stereocenters. The molecule has 0 radical (unpaired) electrons. The summed E-state index contributed by atoms with van der Waals surface area (Å²) < 4.78 is 0. The number of rotatable bonds is 2. The van der Waals surface area contributed by atoms with Gasteiger partial charge in [-0.2, -0.15) is 0 Å². The van der Waals surface area contributed by atoms with Crippen molar-refractivity contribution in [2.24, 2.45) is 17.6 Å². The van der Waals surface area contributed by atoms with Gasteiger partial charge in [-0.3, -0.25) is 4.90 Å². The molecule has 86 valence electrons. The molecule has 0 bridgehead atoms. The average molecular weight is 226 g/mol. The highest BCUT2D eigenvalue weighted by Gasteiger charge is 2.33. The maximum Gasteiger partial charge on any atom is 0.0899 e. The Labute approximate surface area is 98.2 Å². The summed E-state index contributed by atoms with van der Waals surface area (Å²) in [7, 11) is 0. The third kappa shape index (κ3) is 2.51. The largest absolute Gasteiger partial charge is 0.392 e. The molecule has 0 spiro atoms. The minimum absolute atomic E-state index is 0.294. The fraction of sp³-hybridized carbons (Fsp3) is 0.917. The number of fused-ring (bicyclic) bond motifs is 1. The van der Waals surface area contributed by atoms with E-state index in [1.54, 1.807) is 0 Å². The molecule has 3 heteroatoms. The van der Waals surface area contributed by atoms with Crippen LogP contribution < -0.4 is 5.73 Å². The monoisotopic (exact) mass is 226 g/mol. The van der Waals surface area contributed by atoms with E-state index in [1.807, 2.05) is 0 Å². The van der Waals surface area contributed by atoms with Crippen molar-refractivity contribution in [3.05, 3.63) is 0 Å². The second-order valence-corrected chi connectivity index (χ2v) is 5.64. The quantitative estimate of drug-likeness (QED) is 0.732. The van der Waals surface area contributed by atoms with E-state index >= 15 is 0 Å². The van der Waals surface area contributed by atoms with Crippen molar-refractivity contribution in [3.63, 3.8) is 0 Å². The van der Waals surface area contributed by atoms with Crippen molar-refractivity contribution in [1.82, 2.24) is 4.90 Å². The molecule has 15 heavy (non-hydrogen) atoms. The topological polar surface area (TPSA) is 29.3 Å². The van der Waals surface area contributed by atoms with Crippen molar-refractivity contribution in [2.45, 2.75) is 45.1 Å². The summed E-state index contributed by atoms with van der Waals surface area (Å²) in [6.07, 6.45) is 7.12. The molecule has 2 nitrogen and oxygen atoms in total. The average Bonchev–Trinajstić information content (AvgIpc) is 2.27. The van der Waals surface area contributed by atoms with Gasteiger partial charge in [-0.05, 0) is 38.1 Å². The molecule has 2 aliphatic rings. The van der Waals surface area contributed by atoms with Gasteiger partial charge in [-0.1, -0.05) is 31.5 Å². The number of hydrogen-bond donors (Lipinski definition) is 1. The molecule has 1 aliphatic heterocycles. The molecule has 3 unspecified atom stereocenters. The Bertz CT molecular complexity index is 242. The van der Waals surface area contributed by atoms with Crippen LogP contribution in [-0.4, -0.2) is 29.0 Å². The van der Waals surface area contributed by atoms with Gasteiger partial charge in [0.2, 0.25) is 0 Å². The molecule has 0 amide bonds. The zero-order valence-corrected chi connectivity index (χ0v) is 10.4. The smallest absolute Gasteiger partial charge is 0.0899 e. The highest BCUT2D eigenvalue weighted by atomic mass is 32.1. The van der Waals surface area contributed by atoms with E-state index < -0.39 is 0 Å². The summed E-state index contributed by atoms with van der Waals surface area (Å²) in [6.45, 7) is 4.56. The maximum absolute atomic E-state index is 5.72. The lowest BCUT2D eigenvalue weighted by atomic mass is 9.75. The van der Waals surface area contributed by atoms with Gasteiger partial charge < -0.3 is 5.73 Å². The minimum Gasteiger partial charge on any atom is -0.392 e. The van der Waals surface area contributed by atoms with Crippen LogP contribution in [0, 0.1) is 11.8 Å². The molecule has 2 fully saturated rings. The fourth-order valence-electron chi connectivity index (χ4n) is 3.16. The third-order valence-corrected chi connectivity index (χ3v) is 4.62. The van der Waals surface area contributed by atoms with E-state index in [1.165, 1.54) is 45.2 Å². The van der Waals surface area contributed by atoms with Gasteiger partial charge >= 0.3 is 0 Å². The number of nitrogens with zero attached hydrogens (tertiary/aromatic N) is 1. The first kappa shape index (κ1) is 11.3. The second kappa shape index (κ2) is 4.79. The Kier molecular flexibility index (Phi) is 3.62. The molecular formula is C12H22N2S. The number of thiocarbonyl (C=S) groups is 1. The first-order valence-corrected chi connectivity index (χ1v) is 6.62.